The number of benzene rings is 2. The van der Waals surface area contributed by atoms with Crippen LogP contribution >= 0.6 is 0 Å². The first kappa shape index (κ1) is 16.9. The molecule has 3 aromatic rings. The van der Waals surface area contributed by atoms with Gasteiger partial charge in [0.2, 0.25) is 0 Å². The quantitative estimate of drug-likeness (QED) is 0.716. The Morgan fingerprint density at radius 2 is 2.00 bits per heavy atom. The van der Waals surface area contributed by atoms with Gasteiger partial charge in [0, 0.05) is 11.9 Å². The third kappa shape index (κ3) is 3.95. The minimum absolute atomic E-state index is 0.0568. The van der Waals surface area contributed by atoms with Crippen LogP contribution in [0.25, 0.3) is 11.0 Å². The number of aliphatic hydroxyl groups is 1. The van der Waals surface area contributed by atoms with Gasteiger partial charge in [-0.2, -0.15) is 8.78 Å². The second-order valence-corrected chi connectivity index (χ2v) is 5.32. The summed E-state index contributed by atoms with van der Waals surface area (Å²) in [5.41, 5.74) is 1.30. The average molecular weight is 347 g/mol. The van der Waals surface area contributed by atoms with Gasteiger partial charge >= 0.3 is 6.61 Å². The summed E-state index contributed by atoms with van der Waals surface area (Å²) in [6.45, 7) is -3.03. The second-order valence-electron chi connectivity index (χ2n) is 5.32. The minimum atomic E-state index is -2.94. The van der Waals surface area contributed by atoms with Crippen molar-refractivity contribution < 1.29 is 27.8 Å². The molecule has 0 aliphatic carbocycles. The molecule has 130 valence electrons. The molecule has 1 atom stereocenters. The van der Waals surface area contributed by atoms with E-state index in [1.165, 1.54) is 24.5 Å². The molecular weight excluding hydrogens is 332 g/mol. The Morgan fingerprint density at radius 1 is 1.20 bits per heavy atom. The summed E-state index contributed by atoms with van der Waals surface area (Å²) in [7, 11) is 0. The number of fused-ring (bicyclic) bond motifs is 1. The van der Waals surface area contributed by atoms with Gasteiger partial charge in [-0.25, -0.2) is 0 Å². The van der Waals surface area contributed by atoms with Crippen molar-refractivity contribution in [2.75, 3.05) is 6.54 Å². The highest BCUT2D eigenvalue weighted by Crippen LogP contribution is 2.22. The summed E-state index contributed by atoms with van der Waals surface area (Å²) in [5.74, 6) is -0.456. The normalized spacial score (nSPS) is 12.3. The molecule has 7 heteroatoms. The predicted molar refractivity (Wildman–Crippen MR) is 86.6 cm³/mol. The van der Waals surface area contributed by atoms with E-state index in [1.54, 1.807) is 30.3 Å². The molecule has 1 heterocycles. The number of aliphatic hydroxyl groups excluding tert-OH is 1. The van der Waals surface area contributed by atoms with Gasteiger partial charge in [0.25, 0.3) is 5.91 Å². The lowest BCUT2D eigenvalue weighted by atomic mass is 10.1. The summed E-state index contributed by atoms with van der Waals surface area (Å²) < 4.78 is 34.1. The predicted octanol–water partition coefficient (Wildman–Crippen LogP) is 3.50. The number of hydrogen-bond acceptors (Lipinski definition) is 4. The lowest BCUT2D eigenvalue weighted by Gasteiger charge is -2.13. The van der Waals surface area contributed by atoms with Crippen LogP contribution in [0.3, 0.4) is 0 Å². The second kappa shape index (κ2) is 7.31. The molecule has 0 radical (unpaired) electrons. The highest BCUT2D eigenvalue weighted by molar-refractivity contribution is 6.05. The Morgan fingerprint density at radius 3 is 2.80 bits per heavy atom. The number of amides is 1. The van der Waals surface area contributed by atoms with Gasteiger partial charge in [0.05, 0.1) is 11.7 Å². The minimum Gasteiger partial charge on any atom is -0.463 e. The molecule has 0 bridgehead atoms. The van der Waals surface area contributed by atoms with Crippen LogP contribution < -0.4 is 10.1 Å². The van der Waals surface area contributed by atoms with Crippen molar-refractivity contribution >= 4 is 16.9 Å². The maximum absolute atomic E-state index is 12.3. The zero-order chi connectivity index (χ0) is 17.8. The number of carbonyl (C=O) groups is 1. The highest BCUT2D eigenvalue weighted by Gasteiger charge is 2.16. The number of rotatable bonds is 6. The number of ether oxygens (including phenoxy) is 1. The molecule has 0 saturated heterocycles. The Balaban J connectivity index is 1.66. The number of furan rings is 1. The smallest absolute Gasteiger partial charge is 0.387 e. The number of para-hydroxylation sites is 1. The number of carbonyl (C=O) groups excluding carboxylic acids is 1. The maximum Gasteiger partial charge on any atom is 0.387 e. The summed E-state index contributed by atoms with van der Waals surface area (Å²) in [5, 5.41) is 13.4. The first-order valence-corrected chi connectivity index (χ1v) is 7.52. The van der Waals surface area contributed by atoms with Crippen molar-refractivity contribution in [1.29, 1.82) is 0 Å². The fourth-order valence-electron chi connectivity index (χ4n) is 2.45. The number of nitrogens with one attached hydrogen (secondary N) is 1. The standard InChI is InChI=1S/C18H15F2NO4/c19-18(20)25-12-5-3-4-11(8-12)15(22)9-21-17(23)14-10-24-16-7-2-1-6-13(14)16/h1-8,10,15,18,22H,9H2,(H,21,23). The summed E-state index contributed by atoms with van der Waals surface area (Å²) in [6, 6.07) is 12.8. The van der Waals surface area contributed by atoms with E-state index in [9.17, 15) is 18.7 Å². The Labute approximate surface area is 141 Å². The molecule has 25 heavy (non-hydrogen) atoms. The van der Waals surface area contributed by atoms with Gasteiger partial charge in [-0.15, -0.1) is 0 Å². The molecule has 0 aliphatic rings. The SMILES string of the molecule is O=C(NCC(O)c1cccc(OC(F)F)c1)c1coc2ccccc12. The lowest BCUT2D eigenvalue weighted by molar-refractivity contribution is -0.0499. The lowest BCUT2D eigenvalue weighted by Crippen LogP contribution is -2.28. The van der Waals surface area contributed by atoms with Crippen LogP contribution in [0.5, 0.6) is 5.75 Å². The number of halogens is 2. The van der Waals surface area contributed by atoms with E-state index in [1.807, 2.05) is 0 Å². The fourth-order valence-corrected chi connectivity index (χ4v) is 2.45. The van der Waals surface area contributed by atoms with Crippen LogP contribution in [-0.2, 0) is 0 Å². The van der Waals surface area contributed by atoms with Gasteiger partial charge in [0.15, 0.2) is 0 Å². The van der Waals surface area contributed by atoms with E-state index in [2.05, 4.69) is 10.1 Å². The third-order valence-electron chi connectivity index (χ3n) is 3.65. The molecule has 5 nitrogen and oxygen atoms in total. The van der Waals surface area contributed by atoms with Crippen LogP contribution in [0.1, 0.15) is 22.0 Å². The zero-order valence-electron chi connectivity index (χ0n) is 13.0. The van der Waals surface area contributed by atoms with E-state index < -0.39 is 18.6 Å². The maximum atomic E-state index is 12.3. The molecule has 0 aliphatic heterocycles. The first-order chi connectivity index (χ1) is 12.0. The average Bonchev–Trinajstić information content (AvgIpc) is 3.03. The van der Waals surface area contributed by atoms with Gasteiger partial charge in [-0.1, -0.05) is 30.3 Å². The van der Waals surface area contributed by atoms with Crippen molar-refractivity contribution in [3.8, 4) is 5.75 Å². The zero-order valence-corrected chi connectivity index (χ0v) is 13.0. The number of alkyl halides is 2. The van der Waals surface area contributed by atoms with Crippen LogP contribution in [0.4, 0.5) is 8.78 Å². The molecule has 2 aromatic carbocycles. The largest absolute Gasteiger partial charge is 0.463 e. The van der Waals surface area contributed by atoms with Gasteiger partial charge < -0.3 is 19.6 Å². The van der Waals surface area contributed by atoms with Crippen molar-refractivity contribution in [1.82, 2.24) is 5.32 Å². The van der Waals surface area contributed by atoms with E-state index in [0.29, 0.717) is 22.1 Å². The Bertz CT molecular complexity index is 878. The molecule has 1 aromatic heterocycles. The van der Waals surface area contributed by atoms with Gasteiger partial charge in [0.1, 0.15) is 17.6 Å². The van der Waals surface area contributed by atoms with Crippen molar-refractivity contribution in [3.05, 3.63) is 65.9 Å². The topological polar surface area (TPSA) is 71.7 Å². The third-order valence-corrected chi connectivity index (χ3v) is 3.65. The molecule has 1 amide bonds. The van der Waals surface area contributed by atoms with E-state index in [-0.39, 0.29) is 12.3 Å². The van der Waals surface area contributed by atoms with Crippen LogP contribution in [0, 0.1) is 0 Å². The fraction of sp³-hybridized carbons (Fsp3) is 0.167. The van der Waals surface area contributed by atoms with Gasteiger partial charge in [-0.3, -0.25) is 4.79 Å². The van der Waals surface area contributed by atoms with Crippen LogP contribution in [-0.4, -0.2) is 24.2 Å². The Kier molecular flexibility index (Phi) is 4.95. The number of hydrogen-bond donors (Lipinski definition) is 2. The first-order valence-electron chi connectivity index (χ1n) is 7.52. The van der Waals surface area contributed by atoms with E-state index in [0.717, 1.165) is 0 Å². The monoisotopic (exact) mass is 347 g/mol. The Hall–Kier alpha value is -2.93. The van der Waals surface area contributed by atoms with E-state index >= 15 is 0 Å². The van der Waals surface area contributed by atoms with E-state index in [4.69, 9.17) is 4.42 Å². The van der Waals surface area contributed by atoms with Crippen LogP contribution in [0.2, 0.25) is 0 Å². The van der Waals surface area contributed by atoms with Crippen LogP contribution in [0.15, 0.2) is 59.2 Å². The molecule has 2 N–H and O–H groups in total. The molecule has 0 saturated carbocycles. The molecular formula is C18H15F2NO4. The molecule has 0 spiro atoms. The summed E-state index contributed by atoms with van der Waals surface area (Å²) >= 11 is 0. The summed E-state index contributed by atoms with van der Waals surface area (Å²) in [4.78, 5) is 12.3. The molecule has 0 fully saturated rings. The van der Waals surface area contributed by atoms with Crippen molar-refractivity contribution in [3.63, 3.8) is 0 Å². The van der Waals surface area contributed by atoms with Crippen molar-refractivity contribution in [2.24, 2.45) is 0 Å². The van der Waals surface area contributed by atoms with Gasteiger partial charge in [-0.05, 0) is 23.8 Å². The summed E-state index contributed by atoms with van der Waals surface area (Å²) in [6.07, 6.45) is 0.284. The molecule has 1 unspecified atom stereocenters. The van der Waals surface area contributed by atoms with Crippen molar-refractivity contribution in [2.45, 2.75) is 12.7 Å². The highest BCUT2D eigenvalue weighted by atomic mass is 19.3. The molecule has 3 rings (SSSR count).